The van der Waals surface area contributed by atoms with Crippen LogP contribution in [0.5, 0.6) is 5.75 Å². The van der Waals surface area contributed by atoms with Crippen molar-refractivity contribution >= 4 is 0 Å². The highest BCUT2D eigenvalue weighted by atomic mass is 19.1. The van der Waals surface area contributed by atoms with Crippen LogP contribution in [0.4, 0.5) is 4.39 Å². The Labute approximate surface area is 105 Å². The second-order valence-corrected chi connectivity index (χ2v) is 4.02. The first-order chi connectivity index (χ1) is 8.69. The molecule has 0 saturated carbocycles. The Morgan fingerprint density at radius 2 is 2.22 bits per heavy atom. The van der Waals surface area contributed by atoms with Gasteiger partial charge >= 0.3 is 0 Å². The van der Waals surface area contributed by atoms with Crippen LogP contribution < -0.4 is 10.5 Å². The SMILES string of the molecule is Cc1cc(COc2ccc(CCN)cc2F)no1. The first-order valence-corrected chi connectivity index (χ1v) is 5.72. The Morgan fingerprint density at radius 3 is 2.83 bits per heavy atom. The zero-order chi connectivity index (χ0) is 13.0. The van der Waals surface area contributed by atoms with E-state index in [0.717, 1.165) is 5.56 Å². The lowest BCUT2D eigenvalue weighted by atomic mass is 10.1. The van der Waals surface area contributed by atoms with Crippen molar-refractivity contribution in [1.29, 1.82) is 0 Å². The van der Waals surface area contributed by atoms with E-state index >= 15 is 0 Å². The van der Waals surface area contributed by atoms with Crippen LogP contribution in [0.1, 0.15) is 17.0 Å². The maximum Gasteiger partial charge on any atom is 0.165 e. The summed E-state index contributed by atoms with van der Waals surface area (Å²) in [5, 5.41) is 3.77. The van der Waals surface area contributed by atoms with Gasteiger partial charge < -0.3 is 15.0 Å². The van der Waals surface area contributed by atoms with E-state index < -0.39 is 0 Å². The summed E-state index contributed by atoms with van der Waals surface area (Å²) in [6, 6.07) is 6.60. The minimum absolute atomic E-state index is 0.185. The molecule has 18 heavy (non-hydrogen) atoms. The Kier molecular flexibility index (Phi) is 3.94. The van der Waals surface area contributed by atoms with Gasteiger partial charge in [-0.25, -0.2) is 4.39 Å². The number of nitrogens with zero attached hydrogens (tertiary/aromatic N) is 1. The van der Waals surface area contributed by atoms with E-state index in [1.54, 1.807) is 25.1 Å². The van der Waals surface area contributed by atoms with Gasteiger partial charge in [0.2, 0.25) is 0 Å². The predicted molar refractivity (Wildman–Crippen MR) is 64.7 cm³/mol. The van der Waals surface area contributed by atoms with E-state index in [0.29, 0.717) is 24.4 Å². The first-order valence-electron chi connectivity index (χ1n) is 5.72. The third-order valence-corrected chi connectivity index (χ3v) is 2.48. The van der Waals surface area contributed by atoms with Crippen LogP contribution in [0.15, 0.2) is 28.8 Å². The van der Waals surface area contributed by atoms with Gasteiger partial charge in [0.25, 0.3) is 0 Å². The standard InChI is InChI=1S/C13H15FN2O2/c1-9-6-11(16-18-9)8-17-13-3-2-10(4-5-15)7-12(13)14/h2-3,6-7H,4-5,8,15H2,1H3. The van der Waals surface area contributed by atoms with E-state index in [2.05, 4.69) is 5.16 Å². The molecular weight excluding hydrogens is 235 g/mol. The smallest absolute Gasteiger partial charge is 0.165 e. The van der Waals surface area contributed by atoms with Crippen molar-refractivity contribution in [3.8, 4) is 5.75 Å². The molecule has 1 aromatic carbocycles. The average molecular weight is 250 g/mol. The molecule has 0 radical (unpaired) electrons. The fourth-order valence-corrected chi connectivity index (χ4v) is 1.62. The molecule has 0 amide bonds. The van der Waals surface area contributed by atoms with Crippen LogP contribution in [-0.2, 0) is 13.0 Å². The molecular formula is C13H15FN2O2. The van der Waals surface area contributed by atoms with Gasteiger partial charge in [-0.1, -0.05) is 11.2 Å². The van der Waals surface area contributed by atoms with E-state index in [1.165, 1.54) is 6.07 Å². The number of benzene rings is 1. The quantitative estimate of drug-likeness (QED) is 0.883. The molecule has 0 aliphatic carbocycles. The lowest BCUT2D eigenvalue weighted by Crippen LogP contribution is -2.03. The van der Waals surface area contributed by atoms with E-state index in [9.17, 15) is 4.39 Å². The molecule has 0 fully saturated rings. The Bertz CT molecular complexity index is 525. The van der Waals surface area contributed by atoms with Crippen LogP contribution >= 0.6 is 0 Å². The molecule has 0 atom stereocenters. The van der Waals surface area contributed by atoms with Gasteiger partial charge in [-0.3, -0.25) is 0 Å². The van der Waals surface area contributed by atoms with Crippen molar-refractivity contribution in [2.45, 2.75) is 20.0 Å². The van der Waals surface area contributed by atoms with Gasteiger partial charge in [0.05, 0.1) is 0 Å². The zero-order valence-corrected chi connectivity index (χ0v) is 10.1. The second kappa shape index (κ2) is 5.64. The summed E-state index contributed by atoms with van der Waals surface area (Å²) in [7, 11) is 0. The van der Waals surface area contributed by atoms with E-state index in [1.807, 2.05) is 0 Å². The van der Waals surface area contributed by atoms with Gasteiger partial charge in [0.15, 0.2) is 11.6 Å². The minimum atomic E-state index is -0.388. The molecule has 2 N–H and O–H groups in total. The summed E-state index contributed by atoms with van der Waals surface area (Å²) in [4.78, 5) is 0. The molecule has 0 saturated heterocycles. The summed E-state index contributed by atoms with van der Waals surface area (Å²) >= 11 is 0. The Balaban J connectivity index is 2.01. The number of aromatic nitrogens is 1. The molecule has 0 unspecified atom stereocenters. The van der Waals surface area contributed by atoms with Crippen molar-refractivity contribution < 1.29 is 13.7 Å². The molecule has 1 aromatic heterocycles. The second-order valence-electron chi connectivity index (χ2n) is 4.02. The number of rotatable bonds is 5. The number of hydrogen-bond acceptors (Lipinski definition) is 4. The van der Waals surface area contributed by atoms with Crippen molar-refractivity contribution in [3.05, 3.63) is 47.1 Å². The summed E-state index contributed by atoms with van der Waals surface area (Å²) in [6.45, 7) is 2.47. The fourth-order valence-electron chi connectivity index (χ4n) is 1.62. The number of ether oxygens (including phenoxy) is 1. The number of hydrogen-bond donors (Lipinski definition) is 1. The molecule has 2 rings (SSSR count). The topological polar surface area (TPSA) is 61.3 Å². The van der Waals surface area contributed by atoms with Crippen LogP contribution in [0.2, 0.25) is 0 Å². The zero-order valence-electron chi connectivity index (χ0n) is 10.1. The van der Waals surface area contributed by atoms with Crippen LogP contribution in [0.3, 0.4) is 0 Å². The van der Waals surface area contributed by atoms with Crippen molar-refractivity contribution in [3.63, 3.8) is 0 Å². The van der Waals surface area contributed by atoms with E-state index in [-0.39, 0.29) is 18.2 Å². The van der Waals surface area contributed by atoms with Gasteiger partial charge in [0.1, 0.15) is 18.1 Å². The van der Waals surface area contributed by atoms with Gasteiger partial charge in [-0.2, -0.15) is 0 Å². The largest absolute Gasteiger partial charge is 0.484 e. The third kappa shape index (κ3) is 3.07. The summed E-state index contributed by atoms with van der Waals surface area (Å²) < 4.78 is 23.9. The number of halogens is 1. The monoisotopic (exact) mass is 250 g/mol. The fraction of sp³-hybridized carbons (Fsp3) is 0.308. The normalized spacial score (nSPS) is 10.6. The lowest BCUT2D eigenvalue weighted by Gasteiger charge is -2.06. The summed E-state index contributed by atoms with van der Waals surface area (Å²) in [5.74, 6) is 0.518. The van der Waals surface area contributed by atoms with Gasteiger partial charge in [-0.15, -0.1) is 0 Å². The molecule has 2 aromatic rings. The highest BCUT2D eigenvalue weighted by Crippen LogP contribution is 2.19. The van der Waals surface area contributed by atoms with Gasteiger partial charge in [-0.05, 0) is 37.6 Å². The molecule has 0 aliphatic rings. The summed E-state index contributed by atoms with van der Waals surface area (Å²) in [6.07, 6.45) is 0.652. The van der Waals surface area contributed by atoms with Crippen LogP contribution in [0.25, 0.3) is 0 Å². The molecule has 5 heteroatoms. The Morgan fingerprint density at radius 1 is 1.39 bits per heavy atom. The van der Waals surface area contributed by atoms with Crippen LogP contribution in [0, 0.1) is 12.7 Å². The average Bonchev–Trinajstić information content (AvgIpc) is 2.74. The van der Waals surface area contributed by atoms with Crippen molar-refractivity contribution in [2.75, 3.05) is 6.54 Å². The molecule has 0 aliphatic heterocycles. The molecule has 1 heterocycles. The molecule has 0 bridgehead atoms. The first kappa shape index (κ1) is 12.6. The predicted octanol–water partition coefficient (Wildman–Crippen LogP) is 2.20. The van der Waals surface area contributed by atoms with E-state index in [4.69, 9.17) is 15.0 Å². The molecule has 0 spiro atoms. The molecule has 4 nitrogen and oxygen atoms in total. The number of aryl methyl sites for hydroxylation is 1. The molecule has 96 valence electrons. The maximum absolute atomic E-state index is 13.7. The Hall–Kier alpha value is -1.88. The maximum atomic E-state index is 13.7. The summed E-state index contributed by atoms with van der Waals surface area (Å²) in [5.41, 5.74) is 6.91. The lowest BCUT2D eigenvalue weighted by molar-refractivity contribution is 0.275. The van der Waals surface area contributed by atoms with Crippen molar-refractivity contribution in [2.24, 2.45) is 5.73 Å². The van der Waals surface area contributed by atoms with Gasteiger partial charge in [0, 0.05) is 6.07 Å². The highest BCUT2D eigenvalue weighted by molar-refractivity contribution is 5.29. The third-order valence-electron chi connectivity index (χ3n) is 2.48. The van der Waals surface area contributed by atoms with Crippen LogP contribution in [-0.4, -0.2) is 11.7 Å². The minimum Gasteiger partial charge on any atom is -0.484 e. The number of nitrogens with two attached hydrogens (primary N) is 1. The van der Waals surface area contributed by atoms with Crippen molar-refractivity contribution in [1.82, 2.24) is 5.16 Å². The highest BCUT2D eigenvalue weighted by Gasteiger charge is 2.07.